The summed E-state index contributed by atoms with van der Waals surface area (Å²) >= 11 is 12.1. The Labute approximate surface area is 149 Å². The lowest BCUT2D eigenvalue weighted by Crippen LogP contribution is -2.39. The zero-order chi connectivity index (χ0) is 17.2. The van der Waals surface area contributed by atoms with Crippen molar-refractivity contribution in [1.82, 2.24) is 10.3 Å². The Balaban J connectivity index is 1.67. The highest BCUT2D eigenvalue weighted by Crippen LogP contribution is 2.47. The highest BCUT2D eigenvalue weighted by Gasteiger charge is 2.56. The molecule has 0 unspecified atom stereocenters. The molecule has 1 aromatic carbocycles. The first-order chi connectivity index (χ1) is 11.5. The number of hydrogen-bond donors (Lipinski definition) is 2. The van der Waals surface area contributed by atoms with E-state index in [-0.39, 0.29) is 12.5 Å². The van der Waals surface area contributed by atoms with Crippen LogP contribution >= 0.6 is 23.2 Å². The number of anilines is 1. The first-order valence-corrected chi connectivity index (χ1v) is 8.22. The molecule has 0 atom stereocenters. The number of carbonyl (C=O) groups is 2. The maximum absolute atomic E-state index is 12.5. The summed E-state index contributed by atoms with van der Waals surface area (Å²) in [5, 5.41) is 6.12. The van der Waals surface area contributed by atoms with Crippen molar-refractivity contribution in [3.05, 3.63) is 58.3 Å². The van der Waals surface area contributed by atoms with Crippen molar-refractivity contribution in [1.29, 1.82) is 0 Å². The molecule has 0 aliphatic heterocycles. The van der Waals surface area contributed by atoms with Gasteiger partial charge in [0, 0.05) is 6.20 Å². The van der Waals surface area contributed by atoms with Crippen molar-refractivity contribution in [2.24, 2.45) is 5.41 Å². The summed E-state index contributed by atoms with van der Waals surface area (Å²) in [4.78, 5) is 29.1. The molecule has 1 aliphatic rings. The standard InChI is InChI=1S/C17H15Cl2N3O2/c18-12-5-3-6-13(19)14(12)22-16(24)17(7-8-17)15(23)21-10-11-4-1-2-9-20-11/h1-6,9H,7-8,10H2,(H,21,23)(H,22,24). The first kappa shape index (κ1) is 16.7. The molecule has 24 heavy (non-hydrogen) atoms. The van der Waals surface area contributed by atoms with Gasteiger partial charge < -0.3 is 10.6 Å². The van der Waals surface area contributed by atoms with Gasteiger partial charge in [-0.3, -0.25) is 14.6 Å². The first-order valence-electron chi connectivity index (χ1n) is 7.46. The summed E-state index contributed by atoms with van der Waals surface area (Å²) in [6, 6.07) is 10.4. The number of aromatic nitrogens is 1. The molecule has 0 radical (unpaired) electrons. The lowest BCUT2D eigenvalue weighted by atomic mass is 10.0. The summed E-state index contributed by atoms with van der Waals surface area (Å²) in [5.41, 5.74) is 0.00271. The number of rotatable bonds is 5. The lowest BCUT2D eigenvalue weighted by molar-refractivity contribution is -0.134. The summed E-state index contributed by atoms with van der Waals surface area (Å²) < 4.78 is 0. The van der Waals surface area contributed by atoms with Crippen LogP contribution in [-0.2, 0) is 16.1 Å². The Kier molecular flexibility index (Phi) is 4.73. The van der Waals surface area contributed by atoms with Gasteiger partial charge in [-0.15, -0.1) is 0 Å². The van der Waals surface area contributed by atoms with Gasteiger partial charge in [0.05, 0.1) is 28.0 Å². The van der Waals surface area contributed by atoms with Crippen LogP contribution in [0.25, 0.3) is 0 Å². The quantitative estimate of drug-likeness (QED) is 0.799. The second-order valence-corrected chi connectivity index (χ2v) is 6.45. The summed E-state index contributed by atoms with van der Waals surface area (Å²) in [6.07, 6.45) is 2.64. The monoisotopic (exact) mass is 363 g/mol. The normalized spacial score (nSPS) is 14.8. The van der Waals surface area contributed by atoms with E-state index in [4.69, 9.17) is 23.2 Å². The van der Waals surface area contributed by atoms with Gasteiger partial charge in [0.2, 0.25) is 11.8 Å². The maximum atomic E-state index is 12.5. The predicted molar refractivity (Wildman–Crippen MR) is 92.8 cm³/mol. The fourth-order valence-corrected chi connectivity index (χ4v) is 2.87. The molecule has 1 aromatic heterocycles. The Morgan fingerprint density at radius 1 is 1.04 bits per heavy atom. The largest absolute Gasteiger partial charge is 0.350 e. The van der Waals surface area contributed by atoms with Gasteiger partial charge in [0.25, 0.3) is 0 Å². The molecule has 0 spiro atoms. The van der Waals surface area contributed by atoms with Crippen LogP contribution in [0.3, 0.4) is 0 Å². The van der Waals surface area contributed by atoms with Gasteiger partial charge in [-0.1, -0.05) is 35.3 Å². The minimum absolute atomic E-state index is 0.279. The number of nitrogens with one attached hydrogen (secondary N) is 2. The van der Waals surface area contributed by atoms with E-state index >= 15 is 0 Å². The summed E-state index contributed by atoms with van der Waals surface area (Å²) in [6.45, 7) is 0.279. The van der Waals surface area contributed by atoms with Crippen LogP contribution in [0.5, 0.6) is 0 Å². The maximum Gasteiger partial charge on any atom is 0.240 e. The average Bonchev–Trinajstić information content (AvgIpc) is 3.39. The number of carbonyl (C=O) groups excluding carboxylic acids is 2. The third-order valence-electron chi connectivity index (χ3n) is 3.98. The van der Waals surface area contributed by atoms with Crippen molar-refractivity contribution in [3.8, 4) is 0 Å². The smallest absolute Gasteiger partial charge is 0.240 e. The summed E-state index contributed by atoms with van der Waals surface area (Å²) in [5.74, 6) is -0.704. The molecule has 1 saturated carbocycles. The molecular weight excluding hydrogens is 349 g/mol. The Morgan fingerprint density at radius 3 is 2.33 bits per heavy atom. The molecule has 0 saturated heterocycles. The van der Waals surface area contributed by atoms with Gasteiger partial charge in [-0.25, -0.2) is 0 Å². The molecule has 2 aromatic rings. The fraction of sp³-hybridized carbons (Fsp3) is 0.235. The Hall–Kier alpha value is -2.11. The van der Waals surface area contributed by atoms with E-state index in [1.165, 1.54) is 0 Å². The second-order valence-electron chi connectivity index (χ2n) is 5.64. The lowest BCUT2D eigenvalue weighted by Gasteiger charge is -2.16. The van der Waals surface area contributed by atoms with Crippen molar-refractivity contribution in [2.45, 2.75) is 19.4 Å². The summed E-state index contributed by atoms with van der Waals surface area (Å²) in [7, 11) is 0. The molecule has 124 valence electrons. The van der Waals surface area contributed by atoms with E-state index in [2.05, 4.69) is 15.6 Å². The SMILES string of the molecule is O=C(NCc1ccccn1)C1(C(=O)Nc2c(Cl)cccc2Cl)CC1. The third kappa shape index (κ3) is 3.37. The van der Waals surface area contributed by atoms with Crippen LogP contribution < -0.4 is 10.6 Å². The van der Waals surface area contributed by atoms with E-state index in [1.807, 2.05) is 12.1 Å². The van der Waals surface area contributed by atoms with E-state index in [1.54, 1.807) is 30.5 Å². The van der Waals surface area contributed by atoms with Crippen LogP contribution in [0.15, 0.2) is 42.6 Å². The van der Waals surface area contributed by atoms with Gasteiger partial charge >= 0.3 is 0 Å². The second kappa shape index (κ2) is 6.79. The van der Waals surface area contributed by atoms with Crippen LogP contribution in [0.4, 0.5) is 5.69 Å². The van der Waals surface area contributed by atoms with Gasteiger partial charge in [-0.2, -0.15) is 0 Å². The number of hydrogen-bond acceptors (Lipinski definition) is 3. The molecule has 1 aliphatic carbocycles. The van der Waals surface area contributed by atoms with Crippen LogP contribution in [0.1, 0.15) is 18.5 Å². The van der Waals surface area contributed by atoms with Crippen LogP contribution in [0.2, 0.25) is 10.0 Å². The van der Waals surface area contributed by atoms with Crippen LogP contribution in [0, 0.1) is 5.41 Å². The molecule has 1 fully saturated rings. The van der Waals surface area contributed by atoms with E-state index < -0.39 is 11.3 Å². The number of benzene rings is 1. The molecule has 2 N–H and O–H groups in total. The number of nitrogens with zero attached hydrogens (tertiary/aromatic N) is 1. The zero-order valence-corrected chi connectivity index (χ0v) is 14.2. The molecule has 7 heteroatoms. The van der Waals surface area contributed by atoms with Crippen molar-refractivity contribution >= 4 is 40.7 Å². The zero-order valence-electron chi connectivity index (χ0n) is 12.7. The van der Waals surface area contributed by atoms with E-state index in [0.29, 0.717) is 28.6 Å². The Bertz CT molecular complexity index is 756. The fourth-order valence-electron chi connectivity index (χ4n) is 2.38. The molecule has 1 heterocycles. The third-order valence-corrected chi connectivity index (χ3v) is 4.61. The number of pyridine rings is 1. The van der Waals surface area contributed by atoms with E-state index in [0.717, 1.165) is 5.69 Å². The number of para-hydroxylation sites is 1. The molecular formula is C17H15Cl2N3O2. The highest BCUT2D eigenvalue weighted by molar-refractivity contribution is 6.40. The minimum atomic E-state index is -1.06. The van der Waals surface area contributed by atoms with Crippen molar-refractivity contribution in [2.75, 3.05) is 5.32 Å². The van der Waals surface area contributed by atoms with E-state index in [9.17, 15) is 9.59 Å². The van der Waals surface area contributed by atoms with Crippen molar-refractivity contribution in [3.63, 3.8) is 0 Å². The average molecular weight is 364 g/mol. The molecule has 2 amide bonds. The van der Waals surface area contributed by atoms with Crippen molar-refractivity contribution < 1.29 is 9.59 Å². The number of amides is 2. The van der Waals surface area contributed by atoms with Gasteiger partial charge in [-0.05, 0) is 37.1 Å². The predicted octanol–water partition coefficient (Wildman–Crippen LogP) is 3.42. The topological polar surface area (TPSA) is 71.1 Å². The molecule has 0 bridgehead atoms. The van der Waals surface area contributed by atoms with Gasteiger partial charge in [0.15, 0.2) is 0 Å². The van der Waals surface area contributed by atoms with Gasteiger partial charge in [0.1, 0.15) is 5.41 Å². The molecule has 5 nitrogen and oxygen atoms in total. The number of halogens is 2. The Morgan fingerprint density at radius 2 is 1.75 bits per heavy atom. The highest BCUT2D eigenvalue weighted by atomic mass is 35.5. The van der Waals surface area contributed by atoms with Crippen LogP contribution in [-0.4, -0.2) is 16.8 Å². The molecule has 3 rings (SSSR count). The minimum Gasteiger partial charge on any atom is -0.350 e.